The Labute approximate surface area is 129 Å². The summed E-state index contributed by atoms with van der Waals surface area (Å²) in [5.41, 5.74) is 3.02. The molecule has 2 aliphatic heterocycles. The topological polar surface area (TPSA) is 45.7 Å². The number of ether oxygens (including phenoxy) is 1. The molecule has 0 N–H and O–H groups in total. The van der Waals surface area contributed by atoms with Crippen molar-refractivity contribution in [3.05, 3.63) is 16.6 Å². The zero-order valence-electron chi connectivity index (χ0n) is 12.4. The number of amides is 1. The van der Waals surface area contributed by atoms with Gasteiger partial charge in [-0.3, -0.25) is 9.69 Å². The maximum atomic E-state index is 12.3. The van der Waals surface area contributed by atoms with Crippen molar-refractivity contribution in [2.75, 3.05) is 32.8 Å². The molecule has 0 radical (unpaired) electrons. The normalized spacial score (nSPS) is 24.2. The average molecular weight is 309 g/mol. The Morgan fingerprint density at radius 1 is 1.33 bits per heavy atom. The van der Waals surface area contributed by atoms with Gasteiger partial charge in [-0.1, -0.05) is 0 Å². The third-order valence-corrected chi connectivity index (χ3v) is 4.87. The number of thiazole rings is 1. The third kappa shape index (κ3) is 4.25. The van der Waals surface area contributed by atoms with Crippen LogP contribution < -0.4 is 0 Å². The molecule has 0 aromatic carbocycles. The maximum Gasteiger partial charge on any atom is 0.225 e. The second-order valence-electron chi connectivity index (χ2n) is 5.83. The lowest BCUT2D eigenvalue weighted by Crippen LogP contribution is -2.36. The Morgan fingerprint density at radius 2 is 2.29 bits per heavy atom. The summed E-state index contributed by atoms with van der Waals surface area (Å²) in [5, 5.41) is 2.10. The number of carbonyl (C=O) groups is 1. The molecule has 3 rings (SSSR count). The maximum absolute atomic E-state index is 12.3. The Balaban J connectivity index is 1.47. The van der Waals surface area contributed by atoms with Crippen LogP contribution in [0.1, 0.15) is 31.4 Å². The molecule has 0 unspecified atom stereocenters. The lowest BCUT2D eigenvalue weighted by Gasteiger charge is -2.22. The van der Waals surface area contributed by atoms with Gasteiger partial charge in [0, 0.05) is 44.7 Å². The second-order valence-corrected chi connectivity index (χ2v) is 6.55. The van der Waals surface area contributed by atoms with Crippen molar-refractivity contribution in [2.24, 2.45) is 0 Å². The van der Waals surface area contributed by atoms with Crippen molar-refractivity contribution in [1.82, 2.24) is 14.8 Å². The van der Waals surface area contributed by atoms with Gasteiger partial charge in [0.05, 0.1) is 23.7 Å². The van der Waals surface area contributed by atoms with E-state index in [2.05, 4.69) is 15.3 Å². The van der Waals surface area contributed by atoms with Gasteiger partial charge in [0.25, 0.3) is 0 Å². The number of hydrogen-bond donors (Lipinski definition) is 0. The largest absolute Gasteiger partial charge is 0.378 e. The summed E-state index contributed by atoms with van der Waals surface area (Å²) in [6, 6.07) is 0. The molecule has 0 aliphatic carbocycles. The summed E-state index contributed by atoms with van der Waals surface area (Å²) in [5.74, 6) is 0.261. The summed E-state index contributed by atoms with van der Waals surface area (Å²) in [6.45, 7) is 5.40. The fraction of sp³-hybridized carbons (Fsp3) is 0.733. The highest BCUT2D eigenvalue weighted by Crippen LogP contribution is 2.17. The van der Waals surface area contributed by atoms with Crippen LogP contribution in [0.15, 0.2) is 10.9 Å². The Bertz CT molecular complexity index is 446. The summed E-state index contributed by atoms with van der Waals surface area (Å²) in [4.78, 5) is 21.1. The van der Waals surface area contributed by atoms with Gasteiger partial charge in [0.15, 0.2) is 0 Å². The minimum absolute atomic E-state index is 0.159. The molecule has 2 saturated heterocycles. The van der Waals surface area contributed by atoms with Gasteiger partial charge in [0.2, 0.25) is 5.91 Å². The molecule has 2 aliphatic rings. The zero-order valence-corrected chi connectivity index (χ0v) is 13.2. The Hall–Kier alpha value is -0.980. The second kappa shape index (κ2) is 7.33. The summed E-state index contributed by atoms with van der Waals surface area (Å²) in [7, 11) is 0. The smallest absolute Gasteiger partial charge is 0.225 e. The van der Waals surface area contributed by atoms with Crippen molar-refractivity contribution in [1.29, 1.82) is 0 Å². The van der Waals surface area contributed by atoms with E-state index in [1.165, 1.54) is 0 Å². The van der Waals surface area contributed by atoms with Crippen molar-refractivity contribution in [3.8, 4) is 0 Å². The lowest BCUT2D eigenvalue weighted by molar-refractivity contribution is -0.133. The van der Waals surface area contributed by atoms with Gasteiger partial charge in [0.1, 0.15) is 0 Å². The molecular weight excluding hydrogens is 286 g/mol. The van der Waals surface area contributed by atoms with Crippen LogP contribution >= 0.6 is 11.3 Å². The van der Waals surface area contributed by atoms with Crippen LogP contribution in [-0.4, -0.2) is 59.6 Å². The van der Waals surface area contributed by atoms with Gasteiger partial charge in [-0.05, 0) is 19.3 Å². The number of rotatable bonds is 4. The van der Waals surface area contributed by atoms with E-state index in [1.807, 2.05) is 10.4 Å². The molecule has 21 heavy (non-hydrogen) atoms. The molecule has 5 nitrogen and oxygen atoms in total. The molecule has 3 heterocycles. The molecule has 1 amide bonds. The first kappa shape index (κ1) is 14.9. The van der Waals surface area contributed by atoms with Crippen LogP contribution in [0.2, 0.25) is 0 Å². The number of carbonyl (C=O) groups excluding carboxylic acids is 1. The van der Waals surface area contributed by atoms with E-state index in [-0.39, 0.29) is 12.0 Å². The molecule has 6 heteroatoms. The van der Waals surface area contributed by atoms with E-state index in [0.29, 0.717) is 6.42 Å². The van der Waals surface area contributed by atoms with Crippen LogP contribution in [-0.2, 0) is 16.1 Å². The molecule has 116 valence electrons. The monoisotopic (exact) mass is 309 g/mol. The molecule has 1 aromatic rings. The fourth-order valence-electron chi connectivity index (χ4n) is 3.05. The minimum atomic E-state index is 0.159. The molecule has 2 fully saturated rings. The predicted molar refractivity (Wildman–Crippen MR) is 82.2 cm³/mol. The lowest BCUT2D eigenvalue weighted by atomic mass is 10.1. The molecular formula is C15H23N3O2S. The first-order valence-electron chi connectivity index (χ1n) is 7.80. The van der Waals surface area contributed by atoms with Gasteiger partial charge in [-0.25, -0.2) is 4.98 Å². The van der Waals surface area contributed by atoms with Gasteiger partial charge in [-0.15, -0.1) is 11.3 Å². The van der Waals surface area contributed by atoms with Crippen LogP contribution in [0.25, 0.3) is 0 Å². The minimum Gasteiger partial charge on any atom is -0.378 e. The van der Waals surface area contributed by atoms with E-state index in [9.17, 15) is 4.79 Å². The fourth-order valence-corrected chi connectivity index (χ4v) is 3.60. The third-order valence-electron chi connectivity index (χ3n) is 4.24. The highest BCUT2D eigenvalue weighted by Gasteiger charge is 2.24. The van der Waals surface area contributed by atoms with Crippen LogP contribution in [0.3, 0.4) is 0 Å². The zero-order chi connectivity index (χ0) is 14.5. The quantitative estimate of drug-likeness (QED) is 0.850. The van der Waals surface area contributed by atoms with Crippen molar-refractivity contribution in [3.63, 3.8) is 0 Å². The molecule has 0 spiro atoms. The van der Waals surface area contributed by atoms with Gasteiger partial charge < -0.3 is 9.64 Å². The van der Waals surface area contributed by atoms with Crippen molar-refractivity contribution >= 4 is 17.2 Å². The van der Waals surface area contributed by atoms with E-state index in [4.69, 9.17) is 4.74 Å². The van der Waals surface area contributed by atoms with E-state index in [0.717, 1.165) is 64.3 Å². The van der Waals surface area contributed by atoms with Gasteiger partial charge >= 0.3 is 0 Å². The van der Waals surface area contributed by atoms with Crippen LogP contribution in [0, 0.1) is 0 Å². The standard InChI is InChI=1S/C15H23N3O2S/c19-15(9-14-3-1-8-20-14)18-5-2-4-17(6-7-18)10-13-11-21-12-16-13/h11-12,14H,1-10H2/t14-/m0/s1. The Morgan fingerprint density at radius 3 is 3.05 bits per heavy atom. The van der Waals surface area contributed by atoms with E-state index < -0.39 is 0 Å². The summed E-state index contributed by atoms with van der Waals surface area (Å²) < 4.78 is 5.57. The first-order valence-corrected chi connectivity index (χ1v) is 8.74. The molecule has 1 aromatic heterocycles. The SMILES string of the molecule is O=C(C[C@@H]1CCCO1)N1CCCN(Cc2cscn2)CC1. The predicted octanol–water partition coefficient (Wildman–Crippen LogP) is 1.75. The average Bonchev–Trinajstić information content (AvgIpc) is 3.11. The van der Waals surface area contributed by atoms with Crippen molar-refractivity contribution in [2.45, 2.75) is 38.3 Å². The molecule has 0 saturated carbocycles. The van der Waals surface area contributed by atoms with Crippen LogP contribution in [0.5, 0.6) is 0 Å². The number of hydrogen-bond acceptors (Lipinski definition) is 5. The highest BCUT2D eigenvalue weighted by atomic mass is 32.1. The number of nitrogens with zero attached hydrogens (tertiary/aromatic N) is 3. The van der Waals surface area contributed by atoms with Gasteiger partial charge in [-0.2, -0.15) is 0 Å². The molecule has 0 bridgehead atoms. The molecule has 1 atom stereocenters. The summed E-state index contributed by atoms with van der Waals surface area (Å²) in [6.07, 6.45) is 3.90. The Kier molecular flexibility index (Phi) is 5.22. The summed E-state index contributed by atoms with van der Waals surface area (Å²) >= 11 is 1.64. The number of aromatic nitrogens is 1. The van der Waals surface area contributed by atoms with E-state index in [1.54, 1.807) is 11.3 Å². The van der Waals surface area contributed by atoms with Crippen LogP contribution in [0.4, 0.5) is 0 Å². The van der Waals surface area contributed by atoms with Crippen molar-refractivity contribution < 1.29 is 9.53 Å². The highest BCUT2D eigenvalue weighted by molar-refractivity contribution is 7.07. The first-order chi connectivity index (χ1) is 10.3. The van der Waals surface area contributed by atoms with E-state index >= 15 is 0 Å².